The van der Waals surface area contributed by atoms with Crippen molar-refractivity contribution < 1.29 is 24.2 Å². The molecule has 1 atom stereocenters. The highest BCUT2D eigenvalue weighted by Gasteiger charge is 2.30. The molecular formula is C12H20N2O5. The topological polar surface area (TPSA) is 95.9 Å². The molecule has 1 aliphatic carbocycles. The van der Waals surface area contributed by atoms with Crippen molar-refractivity contribution >= 4 is 18.0 Å². The Morgan fingerprint density at radius 1 is 1.37 bits per heavy atom. The molecule has 1 saturated carbocycles. The van der Waals surface area contributed by atoms with Crippen LogP contribution < -0.4 is 5.32 Å². The molecular weight excluding hydrogens is 252 g/mol. The number of carbonyl (C=O) groups excluding carboxylic acids is 2. The second-order valence-corrected chi connectivity index (χ2v) is 4.65. The minimum absolute atomic E-state index is 0.0686. The van der Waals surface area contributed by atoms with Crippen LogP contribution in [0.3, 0.4) is 0 Å². The summed E-state index contributed by atoms with van der Waals surface area (Å²) in [5.41, 5.74) is 0. The number of hydrogen-bond acceptors (Lipinski definition) is 4. The van der Waals surface area contributed by atoms with E-state index in [9.17, 15) is 14.4 Å². The van der Waals surface area contributed by atoms with Crippen LogP contribution in [0.5, 0.6) is 0 Å². The fourth-order valence-corrected chi connectivity index (χ4v) is 2.23. The number of ether oxygens (including phenoxy) is 1. The van der Waals surface area contributed by atoms with Gasteiger partial charge in [0.05, 0.1) is 7.11 Å². The molecule has 0 heterocycles. The predicted molar refractivity (Wildman–Crippen MR) is 66.6 cm³/mol. The lowest BCUT2D eigenvalue weighted by molar-refractivity contribution is -0.142. The fraction of sp³-hybridized carbons (Fsp3) is 0.750. The standard InChI is InChI=1S/C12H20N2O5/c1-8(11(17)19-2)13-12(18)14(7-10(15)16)9-5-3-4-6-9/h8-9H,3-7H2,1-2H3,(H,13,18)(H,15,16). The third kappa shape index (κ3) is 4.42. The third-order valence-corrected chi connectivity index (χ3v) is 3.23. The van der Waals surface area contributed by atoms with Gasteiger partial charge >= 0.3 is 18.0 Å². The van der Waals surface area contributed by atoms with Crippen molar-refractivity contribution in [3.05, 3.63) is 0 Å². The Morgan fingerprint density at radius 2 is 1.95 bits per heavy atom. The highest BCUT2D eigenvalue weighted by molar-refractivity contribution is 5.85. The van der Waals surface area contributed by atoms with Crippen molar-refractivity contribution in [2.75, 3.05) is 13.7 Å². The first-order valence-corrected chi connectivity index (χ1v) is 6.32. The average Bonchev–Trinajstić information content (AvgIpc) is 2.87. The summed E-state index contributed by atoms with van der Waals surface area (Å²) >= 11 is 0. The molecule has 1 aliphatic rings. The summed E-state index contributed by atoms with van der Waals surface area (Å²) in [7, 11) is 1.23. The lowest BCUT2D eigenvalue weighted by atomic mass is 10.2. The summed E-state index contributed by atoms with van der Waals surface area (Å²) < 4.78 is 4.51. The van der Waals surface area contributed by atoms with Crippen LogP contribution in [0.1, 0.15) is 32.6 Å². The normalized spacial score (nSPS) is 16.7. The number of carboxylic acids is 1. The number of carbonyl (C=O) groups is 3. The Hall–Kier alpha value is -1.79. The highest BCUT2D eigenvalue weighted by atomic mass is 16.5. The Balaban J connectivity index is 2.65. The Kier molecular flexibility index (Phi) is 5.59. The highest BCUT2D eigenvalue weighted by Crippen LogP contribution is 2.23. The van der Waals surface area contributed by atoms with E-state index in [1.165, 1.54) is 18.9 Å². The monoisotopic (exact) mass is 272 g/mol. The maximum Gasteiger partial charge on any atom is 0.328 e. The van der Waals surface area contributed by atoms with Gasteiger partial charge in [-0.25, -0.2) is 9.59 Å². The summed E-state index contributed by atoms with van der Waals surface area (Å²) in [5.74, 6) is -1.62. The van der Waals surface area contributed by atoms with Crippen LogP contribution in [0, 0.1) is 0 Å². The second kappa shape index (κ2) is 6.96. The number of methoxy groups -OCH3 is 1. The maximum absolute atomic E-state index is 12.0. The van der Waals surface area contributed by atoms with Crippen LogP contribution in [-0.2, 0) is 14.3 Å². The van der Waals surface area contributed by atoms with Gasteiger partial charge in [0, 0.05) is 6.04 Å². The molecule has 2 amide bonds. The van der Waals surface area contributed by atoms with Crippen molar-refractivity contribution in [1.82, 2.24) is 10.2 Å². The van der Waals surface area contributed by atoms with E-state index in [0.717, 1.165) is 25.7 Å². The predicted octanol–water partition coefficient (Wildman–Crippen LogP) is 0.587. The van der Waals surface area contributed by atoms with Gasteiger partial charge in [0.1, 0.15) is 12.6 Å². The molecule has 1 fully saturated rings. The van der Waals surface area contributed by atoms with Gasteiger partial charge in [-0.1, -0.05) is 12.8 Å². The first-order chi connectivity index (χ1) is 8.95. The van der Waals surface area contributed by atoms with E-state index in [0.29, 0.717) is 0 Å². The Bertz CT molecular complexity index is 352. The van der Waals surface area contributed by atoms with Gasteiger partial charge in [0.15, 0.2) is 0 Å². The van der Waals surface area contributed by atoms with E-state index >= 15 is 0 Å². The van der Waals surface area contributed by atoms with E-state index in [4.69, 9.17) is 5.11 Å². The number of carboxylic acid groups (broad SMARTS) is 1. The minimum Gasteiger partial charge on any atom is -0.480 e. The van der Waals surface area contributed by atoms with Crippen LogP contribution in [0.15, 0.2) is 0 Å². The van der Waals surface area contributed by atoms with Crippen LogP contribution in [0.4, 0.5) is 4.79 Å². The van der Waals surface area contributed by atoms with E-state index in [-0.39, 0.29) is 12.6 Å². The molecule has 2 N–H and O–H groups in total. The van der Waals surface area contributed by atoms with Crippen molar-refractivity contribution in [2.45, 2.75) is 44.7 Å². The zero-order chi connectivity index (χ0) is 14.4. The molecule has 0 aromatic carbocycles. The zero-order valence-corrected chi connectivity index (χ0v) is 11.2. The first-order valence-electron chi connectivity index (χ1n) is 6.32. The van der Waals surface area contributed by atoms with Gasteiger partial charge in [-0.05, 0) is 19.8 Å². The Morgan fingerprint density at radius 3 is 2.42 bits per heavy atom. The summed E-state index contributed by atoms with van der Waals surface area (Å²) in [4.78, 5) is 35.4. The molecule has 0 aromatic heterocycles. The van der Waals surface area contributed by atoms with E-state index in [1.54, 1.807) is 0 Å². The quantitative estimate of drug-likeness (QED) is 0.714. The summed E-state index contributed by atoms with van der Waals surface area (Å²) in [6, 6.07) is -1.40. The largest absolute Gasteiger partial charge is 0.480 e. The lowest BCUT2D eigenvalue weighted by Crippen LogP contribution is -2.51. The van der Waals surface area contributed by atoms with E-state index in [1.807, 2.05) is 0 Å². The van der Waals surface area contributed by atoms with Crippen LogP contribution in [0.25, 0.3) is 0 Å². The van der Waals surface area contributed by atoms with Crippen LogP contribution in [-0.4, -0.2) is 53.7 Å². The number of hydrogen-bond donors (Lipinski definition) is 2. The minimum atomic E-state index is -1.06. The van der Waals surface area contributed by atoms with Gasteiger partial charge in [-0.2, -0.15) is 0 Å². The van der Waals surface area contributed by atoms with Gasteiger partial charge in [-0.3, -0.25) is 4.79 Å². The van der Waals surface area contributed by atoms with E-state index < -0.39 is 24.0 Å². The fourth-order valence-electron chi connectivity index (χ4n) is 2.23. The molecule has 0 aliphatic heterocycles. The lowest BCUT2D eigenvalue weighted by Gasteiger charge is -2.28. The molecule has 0 radical (unpaired) electrons. The summed E-state index contributed by atoms with van der Waals surface area (Å²) in [5, 5.41) is 11.3. The molecule has 0 spiro atoms. The maximum atomic E-state index is 12.0. The molecule has 0 aromatic rings. The van der Waals surface area contributed by atoms with Crippen molar-refractivity contribution in [3.8, 4) is 0 Å². The smallest absolute Gasteiger partial charge is 0.328 e. The van der Waals surface area contributed by atoms with Gasteiger partial charge in [-0.15, -0.1) is 0 Å². The molecule has 0 bridgehead atoms. The second-order valence-electron chi connectivity index (χ2n) is 4.65. The zero-order valence-electron chi connectivity index (χ0n) is 11.2. The number of rotatable bonds is 5. The van der Waals surface area contributed by atoms with Crippen LogP contribution >= 0.6 is 0 Å². The molecule has 7 heteroatoms. The number of urea groups is 1. The molecule has 7 nitrogen and oxygen atoms in total. The van der Waals surface area contributed by atoms with E-state index in [2.05, 4.69) is 10.1 Å². The van der Waals surface area contributed by atoms with Gasteiger partial charge < -0.3 is 20.1 Å². The number of nitrogens with zero attached hydrogens (tertiary/aromatic N) is 1. The third-order valence-electron chi connectivity index (χ3n) is 3.23. The molecule has 19 heavy (non-hydrogen) atoms. The van der Waals surface area contributed by atoms with Gasteiger partial charge in [0.2, 0.25) is 0 Å². The molecule has 0 saturated heterocycles. The first kappa shape index (κ1) is 15.3. The Labute approximate surface area is 111 Å². The molecule has 1 rings (SSSR count). The SMILES string of the molecule is COC(=O)C(C)NC(=O)N(CC(=O)O)C1CCCC1. The van der Waals surface area contributed by atoms with Crippen molar-refractivity contribution in [1.29, 1.82) is 0 Å². The average molecular weight is 272 g/mol. The number of nitrogens with one attached hydrogen (secondary N) is 1. The molecule has 1 unspecified atom stereocenters. The number of amides is 2. The number of aliphatic carboxylic acids is 1. The molecule has 108 valence electrons. The van der Waals surface area contributed by atoms with Crippen LogP contribution in [0.2, 0.25) is 0 Å². The van der Waals surface area contributed by atoms with Gasteiger partial charge in [0.25, 0.3) is 0 Å². The van der Waals surface area contributed by atoms with Crippen molar-refractivity contribution in [3.63, 3.8) is 0 Å². The number of esters is 1. The summed E-state index contributed by atoms with van der Waals surface area (Å²) in [6.07, 6.45) is 3.57. The summed E-state index contributed by atoms with van der Waals surface area (Å²) in [6.45, 7) is 1.14. The van der Waals surface area contributed by atoms with Crippen molar-refractivity contribution in [2.24, 2.45) is 0 Å².